The summed E-state index contributed by atoms with van der Waals surface area (Å²) in [4.78, 5) is 17.8. The van der Waals surface area contributed by atoms with Gasteiger partial charge in [-0.15, -0.1) is 0 Å². The molecule has 10 heteroatoms. The summed E-state index contributed by atoms with van der Waals surface area (Å²) in [6.45, 7) is 3.50. The highest BCUT2D eigenvalue weighted by Gasteiger charge is 2.33. The minimum absolute atomic E-state index is 0.139. The number of amides is 1. The van der Waals surface area contributed by atoms with Crippen molar-refractivity contribution in [1.82, 2.24) is 5.32 Å². The molecular weight excluding hydrogens is 441 g/mol. The van der Waals surface area contributed by atoms with Crippen LogP contribution < -0.4 is 25.8 Å². The summed E-state index contributed by atoms with van der Waals surface area (Å²) < 4.78 is 20.2. The van der Waals surface area contributed by atoms with Gasteiger partial charge in [0.25, 0.3) is 0 Å². The number of nitrogens with zero attached hydrogens (tertiary/aromatic N) is 3. The Balaban J connectivity index is 1.39. The molecule has 2 aliphatic rings. The molecule has 1 amide bonds. The summed E-state index contributed by atoms with van der Waals surface area (Å²) in [5.74, 6) is -0.369. The molecule has 2 aromatic carbocycles. The number of anilines is 3. The number of hydrogen-bond donors (Lipinski definition) is 2. The van der Waals surface area contributed by atoms with Crippen molar-refractivity contribution >= 4 is 52.1 Å². The predicted molar refractivity (Wildman–Crippen MR) is 125 cm³/mol. The predicted octanol–water partition coefficient (Wildman–Crippen LogP) is 2.96. The summed E-state index contributed by atoms with van der Waals surface area (Å²) in [7, 11) is 0. The van der Waals surface area contributed by atoms with Crippen LogP contribution in [-0.4, -0.2) is 56.6 Å². The van der Waals surface area contributed by atoms with E-state index in [1.807, 2.05) is 29.2 Å². The number of halogens is 2. The number of carbonyl (C=O) groups is 1. The van der Waals surface area contributed by atoms with Crippen molar-refractivity contribution in [2.24, 2.45) is 5.73 Å². The van der Waals surface area contributed by atoms with Crippen LogP contribution in [0.3, 0.4) is 0 Å². The topological polar surface area (TPSA) is 74.1 Å². The number of ether oxygens (including phenoxy) is 1. The van der Waals surface area contributed by atoms with Gasteiger partial charge in [0.1, 0.15) is 11.9 Å². The lowest BCUT2D eigenvalue weighted by atomic mass is 10.2. The molecule has 0 spiro atoms. The molecule has 2 fully saturated rings. The molecule has 0 radical (unpaired) electrons. The van der Waals surface area contributed by atoms with Gasteiger partial charge in [0.05, 0.1) is 24.5 Å². The minimum atomic E-state index is -0.517. The SMILES string of the molecule is NC(=S)NC[C@H]1CN(c2ccc(N3CCN(c4cccc(Cl)c4)CC3)c(F)c2)C(=O)O1. The Morgan fingerprint density at radius 1 is 1.16 bits per heavy atom. The third kappa shape index (κ3) is 4.94. The van der Waals surface area contributed by atoms with E-state index in [1.54, 1.807) is 12.1 Å². The molecule has 0 unspecified atom stereocenters. The van der Waals surface area contributed by atoms with Crippen molar-refractivity contribution in [3.63, 3.8) is 0 Å². The number of carbonyl (C=O) groups excluding carboxylic acids is 1. The van der Waals surface area contributed by atoms with Gasteiger partial charge in [0.15, 0.2) is 5.11 Å². The molecule has 0 aliphatic carbocycles. The minimum Gasteiger partial charge on any atom is -0.442 e. The van der Waals surface area contributed by atoms with Gasteiger partial charge in [-0.3, -0.25) is 4.90 Å². The summed E-state index contributed by atoms with van der Waals surface area (Å²) in [6.07, 6.45) is -0.923. The standard InChI is InChI=1S/C21H23ClFN5O2S/c22-14-2-1-3-15(10-14)26-6-8-27(9-7-26)19-5-4-16(11-18(19)23)28-13-17(30-21(28)29)12-25-20(24)31/h1-5,10-11,17H,6-9,12-13H2,(H3,24,25,31)/t17-/m0/s1. The third-order valence-corrected chi connectivity index (χ3v) is 5.79. The lowest BCUT2D eigenvalue weighted by molar-refractivity contribution is 0.143. The second-order valence-electron chi connectivity index (χ2n) is 7.45. The molecule has 2 saturated heterocycles. The lowest BCUT2D eigenvalue weighted by Crippen LogP contribution is -2.46. The molecular formula is C21H23ClFN5O2S. The zero-order chi connectivity index (χ0) is 22.0. The van der Waals surface area contributed by atoms with Gasteiger partial charge < -0.3 is 25.6 Å². The summed E-state index contributed by atoms with van der Waals surface area (Å²) in [6, 6.07) is 12.6. The van der Waals surface area contributed by atoms with E-state index >= 15 is 0 Å². The first-order valence-electron chi connectivity index (χ1n) is 9.97. The van der Waals surface area contributed by atoms with E-state index in [1.165, 1.54) is 11.0 Å². The van der Waals surface area contributed by atoms with Crippen molar-refractivity contribution < 1.29 is 13.9 Å². The van der Waals surface area contributed by atoms with E-state index in [9.17, 15) is 9.18 Å². The Morgan fingerprint density at radius 2 is 1.90 bits per heavy atom. The maximum absolute atomic E-state index is 14.9. The zero-order valence-electron chi connectivity index (χ0n) is 16.8. The van der Waals surface area contributed by atoms with E-state index < -0.39 is 12.2 Å². The van der Waals surface area contributed by atoms with Gasteiger partial charge in [-0.1, -0.05) is 17.7 Å². The molecule has 0 aromatic heterocycles. The van der Waals surface area contributed by atoms with Crippen LogP contribution in [0.25, 0.3) is 0 Å². The number of nitrogens with one attached hydrogen (secondary N) is 1. The van der Waals surface area contributed by atoms with Gasteiger partial charge in [-0.2, -0.15) is 0 Å². The number of nitrogens with two attached hydrogens (primary N) is 1. The monoisotopic (exact) mass is 463 g/mol. The van der Waals surface area contributed by atoms with Gasteiger partial charge in [0, 0.05) is 36.9 Å². The number of rotatable bonds is 5. The first-order valence-corrected chi connectivity index (χ1v) is 10.8. The van der Waals surface area contributed by atoms with E-state index in [0.717, 1.165) is 18.8 Å². The van der Waals surface area contributed by atoms with Crippen LogP contribution in [0.5, 0.6) is 0 Å². The van der Waals surface area contributed by atoms with E-state index in [2.05, 4.69) is 10.2 Å². The first-order chi connectivity index (χ1) is 14.9. The molecule has 7 nitrogen and oxygen atoms in total. The van der Waals surface area contributed by atoms with Crippen molar-refractivity contribution in [3.05, 3.63) is 53.3 Å². The molecule has 0 bridgehead atoms. The number of piperazine rings is 1. The Hall–Kier alpha value is -2.78. The van der Waals surface area contributed by atoms with Gasteiger partial charge in [-0.05, 0) is 48.6 Å². The Morgan fingerprint density at radius 3 is 2.58 bits per heavy atom. The average molecular weight is 464 g/mol. The summed E-state index contributed by atoms with van der Waals surface area (Å²) in [5, 5.41) is 3.61. The van der Waals surface area contributed by atoms with Gasteiger partial charge in [0.2, 0.25) is 0 Å². The fourth-order valence-corrected chi connectivity index (χ4v) is 4.12. The molecule has 2 aliphatic heterocycles. The molecule has 3 N–H and O–H groups in total. The highest BCUT2D eigenvalue weighted by atomic mass is 35.5. The second kappa shape index (κ2) is 9.15. The van der Waals surface area contributed by atoms with Gasteiger partial charge >= 0.3 is 6.09 Å². The first kappa shape index (κ1) is 21.5. The number of cyclic esters (lactones) is 1. The average Bonchev–Trinajstić information content (AvgIpc) is 3.13. The molecule has 2 aromatic rings. The highest BCUT2D eigenvalue weighted by molar-refractivity contribution is 7.80. The molecule has 0 saturated carbocycles. The third-order valence-electron chi connectivity index (χ3n) is 5.41. The van der Waals surface area contributed by atoms with Crippen LogP contribution in [0.15, 0.2) is 42.5 Å². The number of benzene rings is 2. The van der Waals surface area contributed by atoms with Crippen molar-refractivity contribution in [2.75, 3.05) is 54.0 Å². The normalized spacial score (nSPS) is 18.8. The van der Waals surface area contributed by atoms with Crippen LogP contribution in [-0.2, 0) is 4.74 Å². The smallest absolute Gasteiger partial charge is 0.414 e. The van der Waals surface area contributed by atoms with Crippen molar-refractivity contribution in [1.29, 1.82) is 0 Å². The Kier molecular flexibility index (Phi) is 6.33. The van der Waals surface area contributed by atoms with Crippen LogP contribution in [0.2, 0.25) is 5.02 Å². The quantitative estimate of drug-likeness (QED) is 0.660. The fraction of sp³-hybridized carbons (Fsp3) is 0.333. The molecule has 164 valence electrons. The maximum atomic E-state index is 14.9. The Bertz CT molecular complexity index is 986. The number of thiocarbonyl (C=S) groups is 1. The fourth-order valence-electron chi connectivity index (χ4n) is 3.85. The largest absolute Gasteiger partial charge is 0.442 e. The Labute approximate surface area is 190 Å². The van der Waals surface area contributed by atoms with Crippen LogP contribution >= 0.6 is 23.8 Å². The molecule has 4 rings (SSSR count). The van der Waals surface area contributed by atoms with Crippen molar-refractivity contribution in [2.45, 2.75) is 6.10 Å². The molecule has 1 atom stereocenters. The van der Waals surface area contributed by atoms with Crippen LogP contribution in [0.1, 0.15) is 0 Å². The summed E-state index contributed by atoms with van der Waals surface area (Å²) >= 11 is 10.9. The molecule has 2 heterocycles. The van der Waals surface area contributed by atoms with Crippen LogP contribution in [0, 0.1) is 5.82 Å². The highest BCUT2D eigenvalue weighted by Crippen LogP contribution is 2.29. The van der Waals surface area contributed by atoms with E-state index in [4.69, 9.17) is 34.3 Å². The lowest BCUT2D eigenvalue weighted by Gasteiger charge is -2.37. The van der Waals surface area contributed by atoms with Gasteiger partial charge in [-0.25, -0.2) is 9.18 Å². The maximum Gasteiger partial charge on any atom is 0.414 e. The second-order valence-corrected chi connectivity index (χ2v) is 8.33. The zero-order valence-corrected chi connectivity index (χ0v) is 18.3. The molecule has 31 heavy (non-hydrogen) atoms. The van der Waals surface area contributed by atoms with E-state index in [-0.39, 0.29) is 10.9 Å². The van der Waals surface area contributed by atoms with Crippen LogP contribution in [0.4, 0.5) is 26.2 Å². The number of hydrogen-bond acceptors (Lipinski definition) is 5. The summed E-state index contributed by atoms with van der Waals surface area (Å²) in [5.41, 5.74) is 7.46. The van der Waals surface area contributed by atoms with Crippen molar-refractivity contribution in [3.8, 4) is 0 Å². The van der Waals surface area contributed by atoms with E-state index in [0.29, 0.717) is 42.6 Å².